The summed E-state index contributed by atoms with van der Waals surface area (Å²) in [5, 5.41) is 8.06. The summed E-state index contributed by atoms with van der Waals surface area (Å²) in [6.45, 7) is 7.68. The average molecular weight is 298 g/mol. The Morgan fingerprint density at radius 3 is 2.25 bits per heavy atom. The largest absolute Gasteiger partial charge is 0.347 e. The molecule has 1 amide bonds. The van der Waals surface area contributed by atoms with Gasteiger partial charge in [0.15, 0.2) is 0 Å². The van der Waals surface area contributed by atoms with E-state index < -0.39 is 10.0 Å². The highest BCUT2D eigenvalue weighted by Gasteiger charge is 2.23. The molecule has 0 bridgehead atoms. The van der Waals surface area contributed by atoms with Crippen molar-refractivity contribution < 1.29 is 13.2 Å². The van der Waals surface area contributed by atoms with E-state index in [0.717, 1.165) is 12.8 Å². The molecular weight excluding hydrogens is 276 g/mol. The van der Waals surface area contributed by atoms with Gasteiger partial charge in [-0.05, 0) is 50.5 Å². The zero-order valence-corrected chi connectivity index (χ0v) is 13.2. The molecule has 1 aromatic rings. The number of carbonyl (C=O) groups is 1. The first-order valence-corrected chi connectivity index (χ1v) is 8.13. The van der Waals surface area contributed by atoms with Crippen LogP contribution in [0.5, 0.6) is 0 Å². The fourth-order valence-corrected chi connectivity index (χ4v) is 2.46. The minimum absolute atomic E-state index is 0.0441. The number of nitrogens with one attached hydrogen (secondary N) is 1. The summed E-state index contributed by atoms with van der Waals surface area (Å²) in [6.07, 6.45) is 1.59. The third-order valence-electron chi connectivity index (χ3n) is 3.62. The van der Waals surface area contributed by atoms with Crippen LogP contribution in [0.4, 0.5) is 0 Å². The second kappa shape index (κ2) is 5.93. The van der Waals surface area contributed by atoms with Crippen LogP contribution >= 0.6 is 0 Å². The van der Waals surface area contributed by atoms with Crippen molar-refractivity contribution in [1.29, 1.82) is 0 Å². The van der Waals surface area contributed by atoms with Crippen molar-refractivity contribution in [2.75, 3.05) is 0 Å². The molecular formula is C14H22N2O3S. The molecule has 0 radical (unpaired) electrons. The van der Waals surface area contributed by atoms with Crippen LogP contribution in [0.3, 0.4) is 0 Å². The number of amides is 1. The lowest BCUT2D eigenvalue weighted by Crippen LogP contribution is -2.45. The van der Waals surface area contributed by atoms with Crippen LogP contribution in [0.25, 0.3) is 0 Å². The van der Waals surface area contributed by atoms with Gasteiger partial charge in [0, 0.05) is 11.1 Å². The van der Waals surface area contributed by atoms with Crippen LogP contribution < -0.4 is 10.5 Å². The molecule has 0 aromatic heterocycles. The molecule has 20 heavy (non-hydrogen) atoms. The molecule has 0 saturated carbocycles. The maximum atomic E-state index is 12.3. The Morgan fingerprint density at radius 1 is 1.25 bits per heavy atom. The third kappa shape index (κ3) is 4.05. The van der Waals surface area contributed by atoms with E-state index in [1.165, 1.54) is 12.1 Å². The molecule has 0 aliphatic rings. The number of benzene rings is 1. The van der Waals surface area contributed by atoms with Gasteiger partial charge in [-0.25, -0.2) is 13.6 Å². The second-order valence-corrected chi connectivity index (χ2v) is 6.86. The summed E-state index contributed by atoms with van der Waals surface area (Å²) in [5.74, 6) is -0.287. The maximum absolute atomic E-state index is 12.3. The first-order valence-electron chi connectivity index (χ1n) is 6.58. The average Bonchev–Trinajstić information content (AvgIpc) is 2.36. The Kier molecular flexibility index (Phi) is 4.94. The van der Waals surface area contributed by atoms with Gasteiger partial charge in [-0.3, -0.25) is 4.79 Å². The van der Waals surface area contributed by atoms with Crippen molar-refractivity contribution in [2.24, 2.45) is 5.14 Å². The van der Waals surface area contributed by atoms with Crippen LogP contribution in [-0.4, -0.2) is 19.9 Å². The number of nitrogens with two attached hydrogens (primary N) is 1. The molecule has 0 aliphatic heterocycles. The number of primary sulfonamides is 1. The zero-order valence-electron chi connectivity index (χ0n) is 12.4. The van der Waals surface area contributed by atoms with E-state index in [0.29, 0.717) is 11.1 Å². The van der Waals surface area contributed by atoms with Crippen LogP contribution in [-0.2, 0) is 10.0 Å². The summed E-state index contributed by atoms with van der Waals surface area (Å²) in [5.41, 5.74) is 0.682. The van der Waals surface area contributed by atoms with E-state index in [2.05, 4.69) is 5.32 Å². The number of sulfonamides is 1. The van der Waals surface area contributed by atoms with Crippen LogP contribution in [0.2, 0.25) is 0 Å². The normalized spacial score (nSPS) is 12.2. The third-order valence-corrected chi connectivity index (χ3v) is 4.51. The molecule has 0 heterocycles. The molecule has 112 valence electrons. The molecule has 0 aliphatic carbocycles. The van der Waals surface area contributed by atoms with Gasteiger partial charge in [0.2, 0.25) is 10.0 Å². The zero-order chi connectivity index (χ0) is 15.6. The summed E-state index contributed by atoms with van der Waals surface area (Å²) in [4.78, 5) is 12.2. The quantitative estimate of drug-likeness (QED) is 0.870. The van der Waals surface area contributed by atoms with Crippen molar-refractivity contribution in [1.82, 2.24) is 5.32 Å². The minimum Gasteiger partial charge on any atom is -0.347 e. The van der Waals surface area contributed by atoms with Crippen molar-refractivity contribution in [2.45, 2.75) is 51.0 Å². The topological polar surface area (TPSA) is 89.3 Å². The molecule has 1 aromatic carbocycles. The Hall–Kier alpha value is -1.40. The van der Waals surface area contributed by atoms with Gasteiger partial charge in [0.05, 0.1) is 4.90 Å². The highest BCUT2D eigenvalue weighted by Crippen LogP contribution is 2.17. The molecule has 0 saturated heterocycles. The molecule has 0 unspecified atom stereocenters. The first kappa shape index (κ1) is 16.7. The number of hydrogen-bond donors (Lipinski definition) is 2. The van der Waals surface area contributed by atoms with E-state index >= 15 is 0 Å². The Bertz CT molecular complexity index is 605. The van der Waals surface area contributed by atoms with Gasteiger partial charge in [-0.15, -0.1) is 0 Å². The van der Waals surface area contributed by atoms with Gasteiger partial charge in [-0.2, -0.15) is 0 Å². The van der Waals surface area contributed by atoms with Gasteiger partial charge < -0.3 is 5.32 Å². The number of hydrogen-bond acceptors (Lipinski definition) is 3. The summed E-state index contributed by atoms with van der Waals surface area (Å²) < 4.78 is 22.8. The van der Waals surface area contributed by atoms with Crippen LogP contribution in [0.1, 0.15) is 49.5 Å². The first-order chi connectivity index (χ1) is 9.11. The molecule has 0 fully saturated rings. The summed E-state index contributed by atoms with van der Waals surface area (Å²) >= 11 is 0. The number of aryl methyl sites for hydroxylation is 1. The Morgan fingerprint density at radius 2 is 1.80 bits per heavy atom. The van der Waals surface area contributed by atoms with Gasteiger partial charge >= 0.3 is 0 Å². The van der Waals surface area contributed by atoms with Gasteiger partial charge in [-0.1, -0.05) is 13.8 Å². The van der Waals surface area contributed by atoms with Crippen LogP contribution in [0, 0.1) is 6.92 Å². The molecule has 3 N–H and O–H groups in total. The number of carbonyl (C=O) groups excluding carboxylic acids is 1. The fourth-order valence-electron chi connectivity index (χ4n) is 1.82. The van der Waals surface area contributed by atoms with Crippen molar-refractivity contribution in [3.05, 3.63) is 29.3 Å². The molecule has 0 atom stereocenters. The van der Waals surface area contributed by atoms with E-state index in [1.54, 1.807) is 13.0 Å². The standard InChI is InChI=1S/C14H22N2O3S/c1-5-14(4,6-2)16-13(17)11-7-10(3)8-12(9-11)20(15,18)19/h7-9H,5-6H2,1-4H3,(H,16,17)(H2,15,18,19). The monoisotopic (exact) mass is 298 g/mol. The smallest absolute Gasteiger partial charge is 0.251 e. The SMILES string of the molecule is CCC(C)(CC)NC(=O)c1cc(C)cc(S(N)(=O)=O)c1. The maximum Gasteiger partial charge on any atom is 0.251 e. The lowest BCUT2D eigenvalue weighted by Gasteiger charge is -2.28. The van der Waals surface area contributed by atoms with E-state index in [1.807, 2.05) is 20.8 Å². The van der Waals surface area contributed by atoms with Crippen LogP contribution in [0.15, 0.2) is 23.1 Å². The summed E-state index contributed by atoms with van der Waals surface area (Å²) in [6, 6.07) is 4.41. The van der Waals surface area contributed by atoms with Crippen molar-refractivity contribution in [3.8, 4) is 0 Å². The van der Waals surface area contributed by atoms with E-state index in [9.17, 15) is 13.2 Å². The lowest BCUT2D eigenvalue weighted by molar-refractivity contribution is 0.0900. The fraction of sp³-hybridized carbons (Fsp3) is 0.500. The molecule has 6 heteroatoms. The van der Waals surface area contributed by atoms with E-state index in [4.69, 9.17) is 5.14 Å². The number of rotatable bonds is 5. The van der Waals surface area contributed by atoms with Gasteiger partial charge in [0.25, 0.3) is 5.91 Å². The predicted octanol–water partition coefficient (Wildman–Crippen LogP) is 1.95. The van der Waals surface area contributed by atoms with E-state index in [-0.39, 0.29) is 16.3 Å². The lowest BCUT2D eigenvalue weighted by atomic mass is 9.95. The summed E-state index contributed by atoms with van der Waals surface area (Å²) in [7, 11) is -3.82. The minimum atomic E-state index is -3.82. The Balaban J connectivity index is 3.15. The Labute approximate surface area is 120 Å². The molecule has 1 rings (SSSR count). The van der Waals surface area contributed by atoms with Gasteiger partial charge in [0.1, 0.15) is 0 Å². The molecule has 0 spiro atoms. The molecule has 5 nitrogen and oxygen atoms in total. The second-order valence-electron chi connectivity index (χ2n) is 5.30. The van der Waals surface area contributed by atoms with Crippen molar-refractivity contribution in [3.63, 3.8) is 0 Å². The van der Waals surface area contributed by atoms with Crippen molar-refractivity contribution >= 4 is 15.9 Å². The highest BCUT2D eigenvalue weighted by atomic mass is 32.2. The highest BCUT2D eigenvalue weighted by molar-refractivity contribution is 7.89. The predicted molar refractivity (Wildman–Crippen MR) is 79.0 cm³/mol.